The van der Waals surface area contributed by atoms with Gasteiger partial charge < -0.3 is 25.0 Å². The van der Waals surface area contributed by atoms with E-state index in [9.17, 15) is 0 Å². The predicted octanol–water partition coefficient (Wildman–Crippen LogP) is 0.328. The molecule has 2 aliphatic rings. The van der Waals surface area contributed by atoms with Crippen molar-refractivity contribution in [1.82, 2.24) is 20.4 Å². The first-order valence-electron chi connectivity index (χ1n) is 9.73. The minimum atomic E-state index is 0.239. The molecule has 2 rings (SSSR count). The van der Waals surface area contributed by atoms with E-state index in [1.807, 2.05) is 7.05 Å². The maximum Gasteiger partial charge on any atom is 0.191 e. The molecule has 26 heavy (non-hydrogen) atoms. The van der Waals surface area contributed by atoms with E-state index in [0.717, 1.165) is 71.5 Å². The normalized spacial score (nSPS) is 25.0. The van der Waals surface area contributed by atoms with E-state index < -0.39 is 0 Å². The lowest BCUT2D eigenvalue weighted by atomic mass is 9.95. The third kappa shape index (κ3) is 6.88. The molecule has 0 aromatic rings. The summed E-state index contributed by atoms with van der Waals surface area (Å²) in [6.07, 6.45) is 2.31. The fourth-order valence-corrected chi connectivity index (χ4v) is 5.04. The number of morpholine rings is 1. The summed E-state index contributed by atoms with van der Waals surface area (Å²) in [6, 6.07) is 0. The Balaban J connectivity index is 1.72. The van der Waals surface area contributed by atoms with Crippen molar-refractivity contribution in [3.8, 4) is 0 Å². The van der Waals surface area contributed by atoms with Crippen LogP contribution in [-0.4, -0.2) is 113 Å². The number of ether oxygens (including phenoxy) is 2. The topological polar surface area (TPSA) is 61.4 Å². The van der Waals surface area contributed by atoms with Gasteiger partial charge in [0.2, 0.25) is 0 Å². The Hall–Kier alpha value is -0.540. The van der Waals surface area contributed by atoms with Crippen LogP contribution in [0.3, 0.4) is 0 Å². The molecular weight excluding hydrogens is 350 g/mol. The van der Waals surface area contributed by atoms with Crippen molar-refractivity contribution < 1.29 is 9.47 Å². The lowest BCUT2D eigenvalue weighted by Gasteiger charge is -2.43. The molecule has 2 heterocycles. The summed E-state index contributed by atoms with van der Waals surface area (Å²) in [5.74, 6) is 3.34. The van der Waals surface area contributed by atoms with Crippen molar-refractivity contribution in [2.75, 3.05) is 91.8 Å². The van der Waals surface area contributed by atoms with Gasteiger partial charge >= 0.3 is 0 Å². The van der Waals surface area contributed by atoms with Gasteiger partial charge in [0.25, 0.3) is 0 Å². The molecule has 8 heteroatoms. The van der Waals surface area contributed by atoms with Crippen LogP contribution in [-0.2, 0) is 9.47 Å². The third-order valence-electron chi connectivity index (χ3n) is 5.25. The van der Waals surface area contributed by atoms with Crippen LogP contribution < -0.4 is 10.6 Å². The van der Waals surface area contributed by atoms with Crippen LogP contribution in [0.25, 0.3) is 0 Å². The van der Waals surface area contributed by atoms with Gasteiger partial charge in [-0.15, -0.1) is 0 Å². The first kappa shape index (κ1) is 21.8. The maximum absolute atomic E-state index is 5.54. The molecule has 1 atom stereocenters. The van der Waals surface area contributed by atoms with Crippen LogP contribution in [0.2, 0.25) is 0 Å². The first-order chi connectivity index (χ1) is 12.7. The number of aliphatic imine (C=N–C) groups is 1. The maximum atomic E-state index is 5.54. The van der Waals surface area contributed by atoms with Crippen molar-refractivity contribution in [2.45, 2.75) is 18.4 Å². The monoisotopic (exact) mass is 387 g/mol. The zero-order chi connectivity index (χ0) is 18.7. The summed E-state index contributed by atoms with van der Waals surface area (Å²) in [5, 5.41) is 7.03. The summed E-state index contributed by atoms with van der Waals surface area (Å²) in [5.41, 5.74) is 0.239. The highest BCUT2D eigenvalue weighted by Gasteiger charge is 2.40. The van der Waals surface area contributed by atoms with Gasteiger partial charge in [0.15, 0.2) is 5.96 Å². The minimum Gasteiger partial charge on any atom is -0.385 e. The number of guanidine groups is 1. The highest BCUT2D eigenvalue weighted by Crippen LogP contribution is 2.33. The number of methoxy groups -OCH3 is 1. The molecule has 0 bridgehead atoms. The second kappa shape index (κ2) is 12.0. The summed E-state index contributed by atoms with van der Waals surface area (Å²) < 4.78 is 10.7. The first-order valence-corrected chi connectivity index (χ1v) is 10.9. The van der Waals surface area contributed by atoms with E-state index >= 15 is 0 Å². The molecule has 7 nitrogen and oxygen atoms in total. The molecule has 0 saturated carbocycles. The molecule has 0 aromatic heterocycles. The Morgan fingerprint density at radius 3 is 2.77 bits per heavy atom. The van der Waals surface area contributed by atoms with Gasteiger partial charge in [0.1, 0.15) is 0 Å². The highest BCUT2D eigenvalue weighted by atomic mass is 32.2. The summed E-state index contributed by atoms with van der Waals surface area (Å²) >= 11 is 2.07. The molecule has 0 aromatic carbocycles. The highest BCUT2D eigenvalue weighted by molar-refractivity contribution is 7.99. The SMILES string of the molecule is CN=C(NCCN(C)CCCOC)NCC1(N2CCOCC2)CCSC1. The number of rotatable bonds is 10. The molecule has 2 saturated heterocycles. The number of nitrogens with zero attached hydrogens (tertiary/aromatic N) is 3. The van der Waals surface area contributed by atoms with E-state index in [0.29, 0.717) is 0 Å². The zero-order valence-corrected chi connectivity index (χ0v) is 17.6. The molecule has 2 aliphatic heterocycles. The van der Waals surface area contributed by atoms with Gasteiger partial charge in [-0.2, -0.15) is 11.8 Å². The lowest BCUT2D eigenvalue weighted by Crippen LogP contribution is -2.60. The summed E-state index contributed by atoms with van der Waals surface area (Å²) in [6.45, 7) is 8.51. The summed E-state index contributed by atoms with van der Waals surface area (Å²) in [7, 11) is 5.75. The van der Waals surface area contributed by atoms with E-state index in [1.165, 1.54) is 17.9 Å². The van der Waals surface area contributed by atoms with Gasteiger partial charge in [0, 0.05) is 71.3 Å². The summed E-state index contributed by atoms with van der Waals surface area (Å²) in [4.78, 5) is 9.35. The van der Waals surface area contributed by atoms with Gasteiger partial charge in [-0.1, -0.05) is 0 Å². The molecule has 1 unspecified atom stereocenters. The average Bonchev–Trinajstić information content (AvgIpc) is 3.15. The van der Waals surface area contributed by atoms with E-state index in [2.05, 4.69) is 44.2 Å². The molecule has 0 radical (unpaired) electrons. The molecular formula is C18H37N5O2S. The van der Waals surface area contributed by atoms with E-state index in [-0.39, 0.29) is 5.54 Å². The number of hydrogen-bond acceptors (Lipinski definition) is 6. The van der Waals surface area contributed by atoms with Crippen molar-refractivity contribution in [2.24, 2.45) is 4.99 Å². The molecule has 0 amide bonds. The molecule has 0 aliphatic carbocycles. The van der Waals surface area contributed by atoms with Crippen molar-refractivity contribution in [1.29, 1.82) is 0 Å². The van der Waals surface area contributed by atoms with Crippen molar-refractivity contribution in [3.63, 3.8) is 0 Å². The second-order valence-corrected chi connectivity index (χ2v) is 8.23. The molecule has 2 fully saturated rings. The molecule has 152 valence electrons. The average molecular weight is 388 g/mol. The number of hydrogen-bond donors (Lipinski definition) is 2. The molecule has 2 N–H and O–H groups in total. The second-order valence-electron chi connectivity index (χ2n) is 7.13. The molecule has 0 spiro atoms. The Bertz CT molecular complexity index is 412. The van der Waals surface area contributed by atoms with Crippen LogP contribution in [0.15, 0.2) is 4.99 Å². The van der Waals surface area contributed by atoms with E-state index in [1.54, 1.807) is 7.11 Å². The fraction of sp³-hybridized carbons (Fsp3) is 0.944. The van der Waals surface area contributed by atoms with Crippen LogP contribution in [0.1, 0.15) is 12.8 Å². The Morgan fingerprint density at radius 1 is 1.31 bits per heavy atom. The van der Waals surface area contributed by atoms with Crippen molar-refractivity contribution >= 4 is 17.7 Å². The van der Waals surface area contributed by atoms with Crippen LogP contribution >= 0.6 is 11.8 Å². The standard InChI is InChI=1S/C18H37N5O2S/c1-19-17(20-6-8-22(2)7-4-11-24-3)21-15-18(5-14-26-16-18)23-9-12-25-13-10-23/h4-16H2,1-3H3,(H2,19,20,21). The quantitative estimate of drug-likeness (QED) is 0.318. The van der Waals surface area contributed by atoms with Gasteiger partial charge in [0.05, 0.1) is 13.2 Å². The van der Waals surface area contributed by atoms with Gasteiger partial charge in [-0.3, -0.25) is 9.89 Å². The van der Waals surface area contributed by atoms with Crippen molar-refractivity contribution in [3.05, 3.63) is 0 Å². The van der Waals surface area contributed by atoms with Gasteiger partial charge in [-0.05, 0) is 25.6 Å². The minimum absolute atomic E-state index is 0.239. The smallest absolute Gasteiger partial charge is 0.191 e. The number of nitrogens with one attached hydrogen (secondary N) is 2. The predicted molar refractivity (Wildman–Crippen MR) is 110 cm³/mol. The van der Waals surface area contributed by atoms with Crippen LogP contribution in [0.4, 0.5) is 0 Å². The number of likely N-dealkylation sites (N-methyl/N-ethyl adjacent to an activating group) is 1. The van der Waals surface area contributed by atoms with Crippen LogP contribution in [0.5, 0.6) is 0 Å². The Morgan fingerprint density at radius 2 is 2.12 bits per heavy atom. The largest absolute Gasteiger partial charge is 0.385 e. The Labute approximate surface area is 163 Å². The van der Waals surface area contributed by atoms with Crippen LogP contribution in [0, 0.1) is 0 Å². The number of thioether (sulfide) groups is 1. The zero-order valence-electron chi connectivity index (χ0n) is 16.8. The fourth-order valence-electron chi connectivity index (χ4n) is 3.56. The van der Waals surface area contributed by atoms with E-state index in [4.69, 9.17) is 9.47 Å². The Kier molecular flexibility index (Phi) is 10.1. The third-order valence-corrected chi connectivity index (χ3v) is 6.48. The van der Waals surface area contributed by atoms with Gasteiger partial charge in [-0.25, -0.2) is 0 Å². The lowest BCUT2D eigenvalue weighted by molar-refractivity contribution is -0.0120.